The molecule has 7 heteroatoms. The number of thioether (sulfide) groups is 1. The molecule has 1 atom stereocenters. The average molecular weight is 499 g/mol. The predicted molar refractivity (Wildman–Crippen MR) is 129 cm³/mol. The lowest BCUT2D eigenvalue weighted by Gasteiger charge is -2.16. The lowest BCUT2D eigenvalue weighted by Crippen LogP contribution is -2.27. The number of hydrogen-bond donors (Lipinski definition) is 2. The van der Waals surface area contributed by atoms with Crippen molar-refractivity contribution in [3.05, 3.63) is 88.4 Å². The van der Waals surface area contributed by atoms with Gasteiger partial charge >= 0.3 is 0 Å². The van der Waals surface area contributed by atoms with Crippen molar-refractivity contribution >= 4 is 45.2 Å². The number of amides is 2. The van der Waals surface area contributed by atoms with Crippen molar-refractivity contribution in [1.29, 1.82) is 0 Å². The molecule has 160 valence electrons. The van der Waals surface area contributed by atoms with Gasteiger partial charge in [-0.1, -0.05) is 46.3 Å². The number of carbonyl (C=O) groups is 2. The smallest absolute Gasteiger partial charge is 0.252 e. The molecule has 31 heavy (non-hydrogen) atoms. The highest BCUT2D eigenvalue weighted by atomic mass is 79.9. The molecule has 0 aromatic heterocycles. The fourth-order valence-corrected chi connectivity index (χ4v) is 4.04. The maximum absolute atomic E-state index is 12.9. The van der Waals surface area contributed by atoms with Crippen LogP contribution in [0.1, 0.15) is 28.9 Å². The summed E-state index contributed by atoms with van der Waals surface area (Å²) < 4.78 is 6.16. The minimum absolute atomic E-state index is 0.144. The van der Waals surface area contributed by atoms with Gasteiger partial charge in [0.05, 0.1) is 24.5 Å². The molecule has 3 aromatic rings. The molecule has 5 nitrogen and oxygen atoms in total. The first kappa shape index (κ1) is 22.9. The second kappa shape index (κ2) is 11.0. The van der Waals surface area contributed by atoms with Gasteiger partial charge in [0.15, 0.2) is 0 Å². The zero-order chi connectivity index (χ0) is 22.2. The molecule has 0 radical (unpaired) electrons. The lowest BCUT2D eigenvalue weighted by atomic mass is 10.1. The van der Waals surface area contributed by atoms with Crippen LogP contribution in [0, 0.1) is 0 Å². The van der Waals surface area contributed by atoms with E-state index < -0.39 is 0 Å². The summed E-state index contributed by atoms with van der Waals surface area (Å²) in [6.07, 6.45) is 0. The molecule has 3 aromatic carbocycles. The fourth-order valence-electron chi connectivity index (χ4n) is 2.93. The van der Waals surface area contributed by atoms with E-state index in [-0.39, 0.29) is 23.6 Å². The normalized spacial score (nSPS) is 11.5. The van der Waals surface area contributed by atoms with Gasteiger partial charge in [0, 0.05) is 21.1 Å². The van der Waals surface area contributed by atoms with E-state index in [1.54, 1.807) is 25.3 Å². The van der Waals surface area contributed by atoms with E-state index in [9.17, 15) is 9.59 Å². The summed E-state index contributed by atoms with van der Waals surface area (Å²) in [4.78, 5) is 26.0. The van der Waals surface area contributed by atoms with Gasteiger partial charge in [-0.05, 0) is 48.9 Å². The summed E-state index contributed by atoms with van der Waals surface area (Å²) in [6.45, 7) is 1.94. The summed E-state index contributed by atoms with van der Waals surface area (Å²) >= 11 is 4.75. The molecule has 2 N–H and O–H groups in total. The minimum Gasteiger partial charge on any atom is -0.497 e. The van der Waals surface area contributed by atoms with Gasteiger partial charge in [0.25, 0.3) is 5.91 Å². The summed E-state index contributed by atoms with van der Waals surface area (Å²) in [5, 5.41) is 5.88. The molecule has 0 saturated heterocycles. The third kappa shape index (κ3) is 6.60. The van der Waals surface area contributed by atoms with Crippen molar-refractivity contribution < 1.29 is 14.3 Å². The van der Waals surface area contributed by atoms with Gasteiger partial charge < -0.3 is 15.4 Å². The predicted octanol–water partition coefficient (Wildman–Crippen LogP) is 5.68. The molecule has 3 rings (SSSR count). The number of anilines is 1. The Balaban J connectivity index is 1.62. The summed E-state index contributed by atoms with van der Waals surface area (Å²) in [7, 11) is 1.58. The van der Waals surface area contributed by atoms with Crippen LogP contribution in [0.4, 0.5) is 5.69 Å². The number of hydrogen-bond acceptors (Lipinski definition) is 4. The first-order valence-corrected chi connectivity index (χ1v) is 11.5. The second-order valence-corrected chi connectivity index (χ2v) is 8.74. The van der Waals surface area contributed by atoms with Crippen LogP contribution >= 0.6 is 27.7 Å². The van der Waals surface area contributed by atoms with Crippen LogP contribution < -0.4 is 15.4 Å². The lowest BCUT2D eigenvalue weighted by molar-refractivity contribution is -0.113. The molecular formula is C24H23BrN2O3S. The molecule has 1 unspecified atom stereocenters. The standard InChI is InChI=1S/C24H23BrN2O3S/c1-16(17-10-12-18(25)13-11-17)26-24(29)21-8-3-4-9-22(21)31-15-23(28)27-19-6-5-7-20(14-19)30-2/h3-14,16H,15H2,1-2H3,(H,26,29)(H,27,28). The molecule has 0 bridgehead atoms. The van der Waals surface area contributed by atoms with E-state index in [1.165, 1.54) is 11.8 Å². The number of nitrogens with one attached hydrogen (secondary N) is 2. The first-order chi connectivity index (χ1) is 15.0. The van der Waals surface area contributed by atoms with Crippen molar-refractivity contribution in [2.45, 2.75) is 17.9 Å². The third-order valence-electron chi connectivity index (χ3n) is 4.56. The monoisotopic (exact) mass is 498 g/mol. The Labute approximate surface area is 194 Å². The zero-order valence-corrected chi connectivity index (χ0v) is 19.6. The van der Waals surface area contributed by atoms with Crippen LogP contribution in [0.15, 0.2) is 82.2 Å². The topological polar surface area (TPSA) is 67.4 Å². The van der Waals surface area contributed by atoms with E-state index in [1.807, 2.05) is 61.5 Å². The highest BCUT2D eigenvalue weighted by Crippen LogP contribution is 2.25. The van der Waals surface area contributed by atoms with E-state index >= 15 is 0 Å². The van der Waals surface area contributed by atoms with Crippen LogP contribution in [-0.4, -0.2) is 24.7 Å². The second-order valence-electron chi connectivity index (χ2n) is 6.81. The van der Waals surface area contributed by atoms with Crippen LogP contribution in [-0.2, 0) is 4.79 Å². The van der Waals surface area contributed by atoms with Crippen LogP contribution in [0.25, 0.3) is 0 Å². The Bertz CT molecular complexity index is 1060. The highest BCUT2D eigenvalue weighted by Gasteiger charge is 2.16. The van der Waals surface area contributed by atoms with Gasteiger partial charge in [-0.15, -0.1) is 11.8 Å². The molecule has 0 aliphatic carbocycles. The van der Waals surface area contributed by atoms with Crippen molar-refractivity contribution in [3.8, 4) is 5.75 Å². The third-order valence-corrected chi connectivity index (χ3v) is 6.16. The molecule has 0 aliphatic rings. The van der Waals surface area contributed by atoms with Gasteiger partial charge in [-0.3, -0.25) is 9.59 Å². The quantitative estimate of drug-likeness (QED) is 0.392. The molecule has 2 amide bonds. The van der Waals surface area contributed by atoms with E-state index in [2.05, 4.69) is 26.6 Å². The highest BCUT2D eigenvalue weighted by molar-refractivity contribution is 9.10. The molecule has 0 saturated carbocycles. The van der Waals surface area contributed by atoms with Crippen LogP contribution in [0.2, 0.25) is 0 Å². The van der Waals surface area contributed by atoms with Crippen LogP contribution in [0.5, 0.6) is 5.75 Å². The van der Waals surface area contributed by atoms with E-state index in [4.69, 9.17) is 4.74 Å². The maximum Gasteiger partial charge on any atom is 0.252 e. The maximum atomic E-state index is 12.9. The Morgan fingerprint density at radius 3 is 2.52 bits per heavy atom. The van der Waals surface area contributed by atoms with Crippen LogP contribution in [0.3, 0.4) is 0 Å². The number of methoxy groups -OCH3 is 1. The molecule has 0 heterocycles. The number of rotatable bonds is 8. The Morgan fingerprint density at radius 2 is 1.77 bits per heavy atom. The summed E-state index contributed by atoms with van der Waals surface area (Å²) in [5.74, 6) is 0.528. The van der Waals surface area contributed by atoms with Gasteiger partial charge in [-0.2, -0.15) is 0 Å². The number of halogens is 1. The molecular weight excluding hydrogens is 476 g/mol. The number of benzene rings is 3. The van der Waals surface area contributed by atoms with Gasteiger partial charge in [0.1, 0.15) is 5.75 Å². The molecule has 0 fully saturated rings. The largest absolute Gasteiger partial charge is 0.497 e. The Hall–Kier alpha value is -2.77. The number of carbonyl (C=O) groups excluding carboxylic acids is 2. The fraction of sp³-hybridized carbons (Fsp3) is 0.167. The van der Waals surface area contributed by atoms with Crippen molar-refractivity contribution in [1.82, 2.24) is 5.32 Å². The first-order valence-electron chi connectivity index (χ1n) is 9.68. The number of ether oxygens (including phenoxy) is 1. The van der Waals surface area contributed by atoms with Gasteiger partial charge in [-0.25, -0.2) is 0 Å². The average Bonchev–Trinajstić information content (AvgIpc) is 2.78. The van der Waals surface area contributed by atoms with Crippen molar-refractivity contribution in [3.63, 3.8) is 0 Å². The van der Waals surface area contributed by atoms with Gasteiger partial charge in [0.2, 0.25) is 5.91 Å². The van der Waals surface area contributed by atoms with Crippen molar-refractivity contribution in [2.24, 2.45) is 0 Å². The SMILES string of the molecule is COc1cccc(NC(=O)CSc2ccccc2C(=O)NC(C)c2ccc(Br)cc2)c1. The Morgan fingerprint density at radius 1 is 1.03 bits per heavy atom. The zero-order valence-electron chi connectivity index (χ0n) is 17.2. The molecule has 0 aliphatic heterocycles. The minimum atomic E-state index is -0.174. The molecule has 0 spiro atoms. The van der Waals surface area contributed by atoms with E-state index in [0.717, 1.165) is 14.9 Å². The Kier molecular flexibility index (Phi) is 8.14. The summed E-state index contributed by atoms with van der Waals surface area (Å²) in [6, 6.07) is 22.2. The van der Waals surface area contributed by atoms with E-state index in [0.29, 0.717) is 17.0 Å². The van der Waals surface area contributed by atoms with Crippen molar-refractivity contribution in [2.75, 3.05) is 18.2 Å². The summed E-state index contributed by atoms with van der Waals surface area (Å²) in [5.41, 5.74) is 2.23.